The van der Waals surface area contributed by atoms with Crippen molar-refractivity contribution < 1.29 is 22.7 Å². The molecule has 3 rings (SSSR count). The van der Waals surface area contributed by atoms with Gasteiger partial charge in [-0.05, 0) is 49.9 Å². The van der Waals surface area contributed by atoms with Gasteiger partial charge in [-0.15, -0.1) is 0 Å². The molecule has 1 aliphatic rings. The van der Waals surface area contributed by atoms with E-state index in [4.69, 9.17) is 4.74 Å². The van der Waals surface area contributed by atoms with Crippen molar-refractivity contribution in [2.45, 2.75) is 50.7 Å². The van der Waals surface area contributed by atoms with Crippen LogP contribution in [0.25, 0.3) is 0 Å². The van der Waals surface area contributed by atoms with Gasteiger partial charge in [0, 0.05) is 18.2 Å². The summed E-state index contributed by atoms with van der Waals surface area (Å²) in [5, 5.41) is 2.52. The van der Waals surface area contributed by atoms with Crippen LogP contribution < -0.4 is 5.32 Å². The number of ether oxygens (including phenoxy) is 1. The van der Waals surface area contributed by atoms with E-state index in [1.54, 1.807) is 13.0 Å². The summed E-state index contributed by atoms with van der Waals surface area (Å²) in [6.45, 7) is 3.93. The Hall–Kier alpha value is -2.71. The molecular weight excluding hydrogens is 416 g/mol. The number of aryl methyl sites for hydroxylation is 1. The van der Waals surface area contributed by atoms with Crippen LogP contribution in [0.1, 0.15) is 47.7 Å². The molecular formula is C23H28N2O5S. The number of nitrogens with one attached hydrogen (secondary N) is 1. The number of amides is 1. The molecule has 0 radical (unpaired) electrons. The molecule has 8 heteroatoms. The number of hydrogen-bond acceptors (Lipinski definition) is 5. The first-order chi connectivity index (χ1) is 14.8. The Kier molecular flexibility index (Phi) is 7.46. The van der Waals surface area contributed by atoms with Crippen molar-refractivity contribution in [3.63, 3.8) is 0 Å². The number of hydrogen-bond donors (Lipinski definition) is 1. The lowest BCUT2D eigenvalue weighted by atomic mass is 10.1. The van der Waals surface area contributed by atoms with Crippen LogP contribution in [0.5, 0.6) is 0 Å². The monoisotopic (exact) mass is 444 g/mol. The number of piperidine rings is 1. The third-order valence-electron chi connectivity index (χ3n) is 5.44. The summed E-state index contributed by atoms with van der Waals surface area (Å²) in [7, 11) is -3.69. The largest absolute Gasteiger partial charge is 0.460 e. The average molecular weight is 445 g/mol. The zero-order valence-corrected chi connectivity index (χ0v) is 18.7. The third-order valence-corrected chi connectivity index (χ3v) is 7.45. The average Bonchev–Trinajstić information content (AvgIpc) is 2.77. The predicted octanol–water partition coefficient (Wildman–Crippen LogP) is 3.03. The van der Waals surface area contributed by atoms with E-state index in [-0.39, 0.29) is 29.7 Å². The second-order valence-corrected chi connectivity index (χ2v) is 9.66. The molecule has 0 aromatic heterocycles. The molecule has 0 saturated carbocycles. The number of carbonyl (C=O) groups excluding carboxylic acids is 2. The Bertz CT molecular complexity index is 1040. The van der Waals surface area contributed by atoms with E-state index >= 15 is 0 Å². The fourth-order valence-corrected chi connectivity index (χ4v) is 5.33. The molecule has 1 aliphatic heterocycles. The van der Waals surface area contributed by atoms with E-state index in [1.807, 2.05) is 37.3 Å². The number of esters is 1. The first-order valence-corrected chi connectivity index (χ1v) is 11.8. The zero-order chi connectivity index (χ0) is 22.4. The quantitative estimate of drug-likeness (QED) is 0.663. The maximum absolute atomic E-state index is 13.1. The normalized spacial score (nSPS) is 17.2. The first kappa shape index (κ1) is 23.0. The molecule has 1 fully saturated rings. The molecule has 1 amide bonds. The van der Waals surface area contributed by atoms with E-state index in [9.17, 15) is 18.0 Å². The van der Waals surface area contributed by atoms with Crippen LogP contribution in [0.4, 0.5) is 0 Å². The lowest BCUT2D eigenvalue weighted by molar-refractivity contribution is -0.143. The van der Waals surface area contributed by atoms with Gasteiger partial charge in [-0.1, -0.05) is 42.8 Å². The lowest BCUT2D eigenvalue weighted by Crippen LogP contribution is -2.42. The number of nitrogens with zero attached hydrogens (tertiary/aromatic N) is 1. The number of carbonyl (C=O) groups is 2. The molecule has 1 atom stereocenters. The Morgan fingerprint density at radius 1 is 1.13 bits per heavy atom. The maximum Gasteiger partial charge on any atom is 0.325 e. The van der Waals surface area contributed by atoms with Gasteiger partial charge in [-0.3, -0.25) is 9.59 Å². The highest BCUT2D eigenvalue weighted by molar-refractivity contribution is 7.89. The number of sulfonamides is 1. The predicted molar refractivity (Wildman–Crippen MR) is 117 cm³/mol. The van der Waals surface area contributed by atoms with Crippen molar-refractivity contribution in [1.29, 1.82) is 0 Å². The molecule has 166 valence electrons. The molecule has 0 aliphatic carbocycles. The van der Waals surface area contributed by atoms with Gasteiger partial charge in [-0.2, -0.15) is 4.31 Å². The van der Waals surface area contributed by atoms with Crippen LogP contribution in [-0.2, 0) is 26.2 Å². The molecule has 0 spiro atoms. The van der Waals surface area contributed by atoms with Crippen molar-refractivity contribution in [2.24, 2.45) is 0 Å². The maximum atomic E-state index is 13.1. The van der Waals surface area contributed by atoms with Gasteiger partial charge in [0.15, 0.2) is 0 Å². The molecule has 1 N–H and O–H groups in total. The number of benzene rings is 2. The topological polar surface area (TPSA) is 92.8 Å². The van der Waals surface area contributed by atoms with Gasteiger partial charge >= 0.3 is 5.97 Å². The van der Waals surface area contributed by atoms with Gasteiger partial charge in [-0.25, -0.2) is 8.42 Å². The van der Waals surface area contributed by atoms with E-state index in [2.05, 4.69) is 5.32 Å². The van der Waals surface area contributed by atoms with Crippen LogP contribution in [0.3, 0.4) is 0 Å². The summed E-state index contributed by atoms with van der Waals surface area (Å²) >= 11 is 0. The van der Waals surface area contributed by atoms with Crippen LogP contribution in [0.2, 0.25) is 0 Å². The molecule has 1 heterocycles. The van der Waals surface area contributed by atoms with Crippen LogP contribution in [0.15, 0.2) is 53.4 Å². The van der Waals surface area contributed by atoms with Crippen LogP contribution in [0, 0.1) is 6.92 Å². The fourth-order valence-electron chi connectivity index (χ4n) is 3.61. The summed E-state index contributed by atoms with van der Waals surface area (Å²) in [5.74, 6) is -1.08. The van der Waals surface area contributed by atoms with Crippen molar-refractivity contribution in [1.82, 2.24) is 9.62 Å². The summed E-state index contributed by atoms with van der Waals surface area (Å²) in [6.07, 6.45) is 2.66. The highest BCUT2D eigenvalue weighted by atomic mass is 32.2. The van der Waals surface area contributed by atoms with Gasteiger partial charge in [0.05, 0.1) is 4.90 Å². The Balaban J connectivity index is 1.65. The summed E-state index contributed by atoms with van der Waals surface area (Å²) in [6, 6.07) is 13.7. The minimum atomic E-state index is -3.69. The number of rotatable bonds is 7. The Morgan fingerprint density at radius 3 is 2.58 bits per heavy atom. The molecule has 0 bridgehead atoms. The summed E-state index contributed by atoms with van der Waals surface area (Å²) < 4.78 is 32.8. The molecule has 1 unspecified atom stereocenters. The molecule has 2 aromatic rings. The van der Waals surface area contributed by atoms with Gasteiger partial charge in [0.1, 0.15) is 13.2 Å². The Morgan fingerprint density at radius 2 is 1.87 bits per heavy atom. The van der Waals surface area contributed by atoms with Crippen LogP contribution >= 0.6 is 0 Å². The fraction of sp³-hybridized carbons (Fsp3) is 0.391. The summed E-state index contributed by atoms with van der Waals surface area (Å²) in [5.41, 5.74) is 1.70. The molecule has 7 nitrogen and oxygen atoms in total. The molecule has 31 heavy (non-hydrogen) atoms. The standard InChI is InChI=1S/C23H28N2O5S/c1-17-11-12-20(31(28,29)25-13-7-6-8-18(25)2)14-21(17)23(27)24-15-22(26)30-16-19-9-4-3-5-10-19/h3-5,9-12,14,18H,6-8,13,15-16H2,1-2H3,(H,24,27). The lowest BCUT2D eigenvalue weighted by Gasteiger charge is -2.32. The van der Waals surface area contributed by atoms with Gasteiger partial charge < -0.3 is 10.1 Å². The Labute approximate surface area is 183 Å². The third kappa shape index (κ3) is 5.71. The first-order valence-electron chi connectivity index (χ1n) is 10.4. The van der Waals surface area contributed by atoms with Gasteiger partial charge in [0.2, 0.25) is 10.0 Å². The molecule has 2 aromatic carbocycles. The minimum Gasteiger partial charge on any atom is -0.460 e. The van der Waals surface area contributed by atoms with Crippen LogP contribution in [-0.4, -0.2) is 43.7 Å². The van der Waals surface area contributed by atoms with Gasteiger partial charge in [0.25, 0.3) is 5.91 Å². The summed E-state index contributed by atoms with van der Waals surface area (Å²) in [4.78, 5) is 24.7. The second-order valence-electron chi connectivity index (χ2n) is 7.77. The van der Waals surface area contributed by atoms with E-state index < -0.39 is 21.9 Å². The molecule has 1 saturated heterocycles. The van der Waals surface area contributed by atoms with E-state index in [0.717, 1.165) is 24.8 Å². The van der Waals surface area contributed by atoms with Crippen molar-refractivity contribution in [3.8, 4) is 0 Å². The highest BCUT2D eigenvalue weighted by Crippen LogP contribution is 2.26. The second kappa shape index (κ2) is 10.1. The zero-order valence-electron chi connectivity index (χ0n) is 17.8. The highest BCUT2D eigenvalue weighted by Gasteiger charge is 2.31. The van der Waals surface area contributed by atoms with E-state index in [1.165, 1.54) is 16.4 Å². The van der Waals surface area contributed by atoms with Crippen molar-refractivity contribution >= 4 is 21.9 Å². The van der Waals surface area contributed by atoms with Crippen molar-refractivity contribution in [3.05, 3.63) is 65.2 Å². The van der Waals surface area contributed by atoms with Crippen molar-refractivity contribution in [2.75, 3.05) is 13.1 Å². The smallest absolute Gasteiger partial charge is 0.325 e. The van der Waals surface area contributed by atoms with E-state index in [0.29, 0.717) is 12.1 Å². The minimum absolute atomic E-state index is 0.0725. The SMILES string of the molecule is Cc1ccc(S(=O)(=O)N2CCCCC2C)cc1C(=O)NCC(=O)OCc1ccccc1.